The Hall–Kier alpha value is -3.19. The molecule has 5 nitrogen and oxygen atoms in total. The third kappa shape index (κ3) is 4.46. The molecule has 0 radical (unpaired) electrons. The van der Waals surface area contributed by atoms with Crippen LogP contribution < -0.4 is 5.32 Å². The first-order valence-electron chi connectivity index (χ1n) is 9.13. The Morgan fingerprint density at radius 3 is 2.62 bits per heavy atom. The van der Waals surface area contributed by atoms with Gasteiger partial charge in [-0.15, -0.1) is 10.2 Å². The first-order valence-corrected chi connectivity index (χ1v) is 10.1. The Labute approximate surface area is 172 Å². The van der Waals surface area contributed by atoms with E-state index in [1.165, 1.54) is 52.4 Å². The summed E-state index contributed by atoms with van der Waals surface area (Å²) in [6.07, 6.45) is 0.660. The molecule has 7 heteroatoms. The van der Waals surface area contributed by atoms with Gasteiger partial charge in [0.05, 0.1) is 5.75 Å². The first kappa shape index (κ1) is 19.1. The van der Waals surface area contributed by atoms with Crippen LogP contribution in [0.25, 0.3) is 10.8 Å². The molecule has 1 heterocycles. The predicted molar refractivity (Wildman–Crippen MR) is 114 cm³/mol. The lowest BCUT2D eigenvalue weighted by molar-refractivity contribution is -0.113. The number of hydrogen-bond donors (Lipinski definition) is 1. The summed E-state index contributed by atoms with van der Waals surface area (Å²) in [6.45, 7) is 0. The van der Waals surface area contributed by atoms with E-state index in [1.807, 2.05) is 29.8 Å². The van der Waals surface area contributed by atoms with E-state index < -0.39 is 0 Å². The van der Waals surface area contributed by atoms with E-state index >= 15 is 0 Å². The zero-order chi connectivity index (χ0) is 20.2. The number of nitrogens with zero attached hydrogens (tertiary/aromatic N) is 3. The third-order valence-corrected chi connectivity index (χ3v) is 5.63. The number of carbonyl (C=O) groups excluding carboxylic acids is 1. The zero-order valence-corrected chi connectivity index (χ0v) is 16.6. The smallest absolute Gasteiger partial charge is 0.234 e. The van der Waals surface area contributed by atoms with Crippen molar-refractivity contribution in [2.24, 2.45) is 7.05 Å². The van der Waals surface area contributed by atoms with Crippen LogP contribution >= 0.6 is 11.8 Å². The van der Waals surface area contributed by atoms with Crippen molar-refractivity contribution in [2.75, 3.05) is 11.1 Å². The summed E-state index contributed by atoms with van der Waals surface area (Å²) in [7, 11) is 1.90. The number of anilines is 1. The van der Waals surface area contributed by atoms with Crippen molar-refractivity contribution in [1.82, 2.24) is 14.8 Å². The molecule has 0 unspecified atom stereocenters. The van der Waals surface area contributed by atoms with Crippen LogP contribution in [0.15, 0.2) is 71.9 Å². The van der Waals surface area contributed by atoms with E-state index in [4.69, 9.17) is 0 Å². The maximum absolute atomic E-state index is 12.9. The van der Waals surface area contributed by atoms with Crippen molar-refractivity contribution in [3.8, 4) is 0 Å². The molecule has 0 fully saturated rings. The van der Waals surface area contributed by atoms with E-state index in [-0.39, 0.29) is 17.5 Å². The number of aromatic nitrogens is 3. The van der Waals surface area contributed by atoms with Gasteiger partial charge in [-0.3, -0.25) is 4.79 Å². The van der Waals surface area contributed by atoms with E-state index in [1.54, 1.807) is 0 Å². The molecule has 0 aliphatic heterocycles. The van der Waals surface area contributed by atoms with Crippen molar-refractivity contribution in [3.63, 3.8) is 0 Å². The van der Waals surface area contributed by atoms with Crippen LogP contribution in [0.2, 0.25) is 0 Å². The lowest BCUT2D eigenvalue weighted by Gasteiger charge is -2.07. The van der Waals surface area contributed by atoms with Crippen LogP contribution in [0.3, 0.4) is 0 Å². The average molecular weight is 406 g/mol. The minimum Gasteiger partial charge on any atom is -0.325 e. The highest BCUT2D eigenvalue weighted by Gasteiger charge is 2.13. The second-order valence-corrected chi connectivity index (χ2v) is 7.56. The summed E-state index contributed by atoms with van der Waals surface area (Å²) >= 11 is 1.32. The summed E-state index contributed by atoms with van der Waals surface area (Å²) in [5.41, 5.74) is 1.75. The van der Waals surface area contributed by atoms with Gasteiger partial charge in [-0.2, -0.15) is 0 Å². The number of amides is 1. The first-order chi connectivity index (χ1) is 14.1. The number of nitrogens with one attached hydrogen (secondary N) is 1. The van der Waals surface area contributed by atoms with Gasteiger partial charge in [-0.1, -0.05) is 54.2 Å². The molecule has 1 aromatic heterocycles. The van der Waals surface area contributed by atoms with Gasteiger partial charge in [0.2, 0.25) is 5.91 Å². The molecule has 4 aromatic rings. The highest BCUT2D eigenvalue weighted by atomic mass is 32.2. The molecule has 0 saturated carbocycles. The number of fused-ring (bicyclic) bond motifs is 1. The molecule has 1 amide bonds. The number of halogens is 1. The summed E-state index contributed by atoms with van der Waals surface area (Å²) in [5, 5.41) is 14.3. The maximum atomic E-state index is 12.9. The van der Waals surface area contributed by atoms with Crippen LogP contribution in [-0.2, 0) is 18.3 Å². The van der Waals surface area contributed by atoms with Crippen molar-refractivity contribution in [2.45, 2.75) is 11.6 Å². The van der Waals surface area contributed by atoms with E-state index in [9.17, 15) is 9.18 Å². The minimum absolute atomic E-state index is 0.180. The second-order valence-electron chi connectivity index (χ2n) is 6.62. The minimum atomic E-state index is -0.338. The van der Waals surface area contributed by atoms with Crippen molar-refractivity contribution in [3.05, 3.63) is 83.9 Å². The monoisotopic (exact) mass is 406 g/mol. The molecule has 3 aromatic carbocycles. The van der Waals surface area contributed by atoms with Gasteiger partial charge in [-0.05, 0) is 40.6 Å². The Kier molecular flexibility index (Phi) is 5.57. The molecule has 1 N–H and O–H groups in total. The largest absolute Gasteiger partial charge is 0.325 e. The molecule has 146 valence electrons. The standard InChI is InChI=1S/C22H19FN4OS/c1-27-20(13-16-7-4-6-15-5-2-3-8-19(15)16)25-26-22(27)29-14-21(28)24-18-11-9-17(23)10-12-18/h2-12H,13-14H2,1H3,(H,24,28). The summed E-state index contributed by atoms with van der Waals surface area (Å²) < 4.78 is 14.9. The molecular weight excluding hydrogens is 387 g/mol. The fourth-order valence-electron chi connectivity index (χ4n) is 3.10. The molecule has 0 spiro atoms. The van der Waals surface area contributed by atoms with Gasteiger partial charge in [0.25, 0.3) is 0 Å². The summed E-state index contributed by atoms with van der Waals surface area (Å²) in [4.78, 5) is 12.1. The lowest BCUT2D eigenvalue weighted by atomic mass is 10.0. The molecule has 0 aliphatic rings. The van der Waals surface area contributed by atoms with Gasteiger partial charge in [0, 0.05) is 19.2 Å². The summed E-state index contributed by atoms with van der Waals surface area (Å²) in [6, 6.07) is 20.2. The highest BCUT2D eigenvalue weighted by Crippen LogP contribution is 2.22. The number of hydrogen-bond acceptors (Lipinski definition) is 4. The Balaban J connectivity index is 1.42. The van der Waals surface area contributed by atoms with Crippen molar-refractivity contribution in [1.29, 1.82) is 0 Å². The Bertz CT molecular complexity index is 1150. The van der Waals surface area contributed by atoms with Crippen LogP contribution in [0.4, 0.5) is 10.1 Å². The van der Waals surface area contributed by atoms with Gasteiger partial charge in [0.1, 0.15) is 11.6 Å². The van der Waals surface area contributed by atoms with Crippen LogP contribution in [-0.4, -0.2) is 26.4 Å². The number of rotatable bonds is 6. The van der Waals surface area contributed by atoms with Crippen molar-refractivity contribution < 1.29 is 9.18 Å². The van der Waals surface area contributed by atoms with Gasteiger partial charge < -0.3 is 9.88 Å². The Morgan fingerprint density at radius 1 is 1.03 bits per heavy atom. The van der Waals surface area contributed by atoms with Gasteiger partial charge >= 0.3 is 0 Å². The zero-order valence-electron chi connectivity index (χ0n) is 15.8. The lowest BCUT2D eigenvalue weighted by Crippen LogP contribution is -2.14. The van der Waals surface area contributed by atoms with E-state index in [2.05, 4.69) is 39.8 Å². The van der Waals surface area contributed by atoms with E-state index in [0.29, 0.717) is 17.3 Å². The quantitative estimate of drug-likeness (QED) is 0.481. The van der Waals surface area contributed by atoms with Crippen molar-refractivity contribution >= 4 is 34.1 Å². The SMILES string of the molecule is Cn1c(Cc2cccc3ccccc23)nnc1SCC(=O)Nc1ccc(F)cc1. The third-order valence-electron chi connectivity index (χ3n) is 4.61. The number of carbonyl (C=O) groups is 1. The molecule has 29 heavy (non-hydrogen) atoms. The highest BCUT2D eigenvalue weighted by molar-refractivity contribution is 7.99. The van der Waals surface area contributed by atoms with Gasteiger partial charge in [-0.25, -0.2) is 4.39 Å². The predicted octanol–water partition coefficient (Wildman–Crippen LogP) is 4.43. The molecule has 0 aliphatic carbocycles. The fourth-order valence-corrected chi connectivity index (χ4v) is 3.83. The molecule has 0 saturated heterocycles. The Morgan fingerprint density at radius 2 is 1.79 bits per heavy atom. The average Bonchev–Trinajstić information content (AvgIpc) is 3.08. The normalized spacial score (nSPS) is 11.0. The van der Waals surface area contributed by atoms with Crippen LogP contribution in [0.1, 0.15) is 11.4 Å². The van der Waals surface area contributed by atoms with Gasteiger partial charge in [0.15, 0.2) is 5.16 Å². The molecule has 0 bridgehead atoms. The maximum Gasteiger partial charge on any atom is 0.234 e. The fraction of sp³-hybridized carbons (Fsp3) is 0.136. The topological polar surface area (TPSA) is 59.8 Å². The second kappa shape index (κ2) is 8.45. The molecule has 0 atom stereocenters. The number of thioether (sulfide) groups is 1. The van der Waals surface area contributed by atoms with E-state index in [0.717, 1.165) is 5.82 Å². The molecular formula is C22H19FN4OS. The summed E-state index contributed by atoms with van der Waals surface area (Å²) in [5.74, 6) is 0.510. The van der Waals surface area contributed by atoms with Crippen LogP contribution in [0.5, 0.6) is 0 Å². The number of benzene rings is 3. The molecule has 4 rings (SSSR count). The van der Waals surface area contributed by atoms with Crippen LogP contribution in [0, 0.1) is 5.82 Å².